The lowest BCUT2D eigenvalue weighted by atomic mass is 10.0. The van der Waals surface area contributed by atoms with Crippen molar-refractivity contribution in [3.8, 4) is 0 Å². The van der Waals surface area contributed by atoms with E-state index in [4.69, 9.17) is 4.42 Å². The zero-order valence-electron chi connectivity index (χ0n) is 14.1. The maximum Gasteiger partial charge on any atom is 0.325 e. The van der Waals surface area contributed by atoms with Crippen LogP contribution in [-0.2, 0) is 14.4 Å². The first kappa shape index (κ1) is 17.0. The standard InChI is InChI=1S/C16H20N4O5/c1-9-3-4-13(25-9)11-5-19(10(2)21)6-12(11)17-14(22)7-20-8-15(23)18-16(20)24/h3-4,11-12H,5-8H2,1-2H3,(H,17,22)(H,18,23,24)/t11-,12-/m0/s1. The average molecular weight is 348 g/mol. The second-order valence-electron chi connectivity index (χ2n) is 6.36. The van der Waals surface area contributed by atoms with Crippen LogP contribution in [0.3, 0.4) is 0 Å². The number of amides is 5. The third-order valence-electron chi connectivity index (χ3n) is 4.44. The highest BCUT2D eigenvalue weighted by atomic mass is 16.3. The lowest BCUT2D eigenvalue weighted by Crippen LogP contribution is -2.45. The Labute approximate surface area is 144 Å². The maximum absolute atomic E-state index is 12.3. The molecule has 3 rings (SSSR count). The number of furan rings is 1. The molecular formula is C16H20N4O5. The van der Waals surface area contributed by atoms with E-state index in [1.165, 1.54) is 6.92 Å². The van der Waals surface area contributed by atoms with Crippen molar-refractivity contribution in [1.82, 2.24) is 20.4 Å². The molecule has 2 fully saturated rings. The normalized spacial score (nSPS) is 23.1. The monoisotopic (exact) mass is 348 g/mol. The van der Waals surface area contributed by atoms with Gasteiger partial charge in [0.1, 0.15) is 24.6 Å². The van der Waals surface area contributed by atoms with Gasteiger partial charge in [0.2, 0.25) is 17.7 Å². The lowest BCUT2D eigenvalue weighted by Gasteiger charge is -2.20. The molecular weight excluding hydrogens is 328 g/mol. The number of carbonyl (C=O) groups excluding carboxylic acids is 4. The highest BCUT2D eigenvalue weighted by molar-refractivity contribution is 6.03. The molecule has 0 bridgehead atoms. The van der Waals surface area contributed by atoms with E-state index in [-0.39, 0.29) is 36.9 Å². The van der Waals surface area contributed by atoms with E-state index in [2.05, 4.69) is 10.6 Å². The summed E-state index contributed by atoms with van der Waals surface area (Å²) in [6, 6.07) is 2.79. The van der Waals surface area contributed by atoms with Gasteiger partial charge in [0, 0.05) is 20.0 Å². The van der Waals surface area contributed by atoms with Gasteiger partial charge in [0.25, 0.3) is 0 Å². The second-order valence-corrected chi connectivity index (χ2v) is 6.36. The number of hydrogen-bond donors (Lipinski definition) is 2. The molecule has 3 heterocycles. The van der Waals surface area contributed by atoms with Gasteiger partial charge in [-0.1, -0.05) is 0 Å². The average Bonchev–Trinajstić information content (AvgIpc) is 3.19. The van der Waals surface area contributed by atoms with Gasteiger partial charge in [0.15, 0.2) is 0 Å². The minimum atomic E-state index is -0.574. The summed E-state index contributed by atoms with van der Waals surface area (Å²) in [6.07, 6.45) is 0. The molecule has 5 amide bonds. The minimum absolute atomic E-state index is 0.0745. The van der Waals surface area contributed by atoms with Crippen LogP contribution >= 0.6 is 0 Å². The molecule has 0 saturated carbocycles. The first-order valence-electron chi connectivity index (χ1n) is 8.03. The van der Waals surface area contributed by atoms with Crippen molar-refractivity contribution in [1.29, 1.82) is 0 Å². The van der Waals surface area contributed by atoms with E-state index in [0.29, 0.717) is 18.8 Å². The summed E-state index contributed by atoms with van der Waals surface area (Å²) in [5.74, 6) is 0.429. The van der Waals surface area contributed by atoms with Crippen LogP contribution in [0.4, 0.5) is 4.79 Å². The molecule has 0 radical (unpaired) electrons. The van der Waals surface area contributed by atoms with Crippen LogP contribution in [0, 0.1) is 6.92 Å². The van der Waals surface area contributed by atoms with Crippen molar-refractivity contribution < 1.29 is 23.6 Å². The van der Waals surface area contributed by atoms with Gasteiger partial charge < -0.3 is 19.5 Å². The Bertz CT molecular complexity index is 728. The molecule has 0 aliphatic carbocycles. The van der Waals surface area contributed by atoms with Crippen molar-refractivity contribution in [3.63, 3.8) is 0 Å². The van der Waals surface area contributed by atoms with Gasteiger partial charge in [-0.15, -0.1) is 0 Å². The Balaban J connectivity index is 1.67. The van der Waals surface area contributed by atoms with Gasteiger partial charge in [-0.3, -0.25) is 19.7 Å². The summed E-state index contributed by atoms with van der Waals surface area (Å²) >= 11 is 0. The third kappa shape index (κ3) is 3.65. The number of hydrogen-bond acceptors (Lipinski definition) is 5. The van der Waals surface area contributed by atoms with Crippen molar-refractivity contribution in [2.24, 2.45) is 0 Å². The smallest absolute Gasteiger partial charge is 0.325 e. The molecule has 1 aromatic heterocycles. The molecule has 9 heteroatoms. The third-order valence-corrected chi connectivity index (χ3v) is 4.44. The van der Waals surface area contributed by atoms with Crippen LogP contribution in [-0.4, -0.2) is 65.8 Å². The van der Waals surface area contributed by atoms with Crippen LogP contribution in [0.5, 0.6) is 0 Å². The molecule has 0 spiro atoms. The fourth-order valence-electron chi connectivity index (χ4n) is 3.18. The molecule has 2 atom stereocenters. The number of carbonyl (C=O) groups is 4. The number of likely N-dealkylation sites (tertiary alicyclic amines) is 1. The van der Waals surface area contributed by atoms with E-state index in [0.717, 1.165) is 10.7 Å². The largest absolute Gasteiger partial charge is 0.466 e. The van der Waals surface area contributed by atoms with E-state index >= 15 is 0 Å². The number of aryl methyl sites for hydroxylation is 1. The fourth-order valence-corrected chi connectivity index (χ4v) is 3.18. The molecule has 2 aliphatic heterocycles. The molecule has 134 valence electrons. The lowest BCUT2D eigenvalue weighted by molar-refractivity contribution is -0.128. The SMILES string of the molecule is CC(=O)N1C[C@H](NC(=O)CN2CC(=O)NC2=O)[C@@H](c2ccc(C)o2)C1. The molecule has 0 aromatic carbocycles. The minimum Gasteiger partial charge on any atom is -0.466 e. The molecule has 2 saturated heterocycles. The van der Waals surface area contributed by atoms with E-state index in [1.54, 1.807) is 4.90 Å². The van der Waals surface area contributed by atoms with Crippen molar-refractivity contribution in [3.05, 3.63) is 23.7 Å². The maximum atomic E-state index is 12.3. The van der Waals surface area contributed by atoms with Crippen LogP contribution in [0.1, 0.15) is 24.4 Å². The Hall–Kier alpha value is -2.84. The predicted octanol–water partition coefficient (Wildman–Crippen LogP) is -0.430. The Kier molecular flexibility index (Phi) is 4.47. The Morgan fingerprint density at radius 2 is 2.08 bits per heavy atom. The van der Waals surface area contributed by atoms with Gasteiger partial charge in [-0.2, -0.15) is 0 Å². The van der Waals surface area contributed by atoms with Gasteiger partial charge in [-0.05, 0) is 19.1 Å². The van der Waals surface area contributed by atoms with E-state index in [1.807, 2.05) is 19.1 Å². The van der Waals surface area contributed by atoms with Crippen LogP contribution in [0.25, 0.3) is 0 Å². The molecule has 9 nitrogen and oxygen atoms in total. The van der Waals surface area contributed by atoms with Gasteiger partial charge in [-0.25, -0.2) is 4.79 Å². The van der Waals surface area contributed by atoms with Crippen molar-refractivity contribution >= 4 is 23.8 Å². The first-order chi connectivity index (χ1) is 11.8. The zero-order chi connectivity index (χ0) is 18.1. The Morgan fingerprint density at radius 1 is 1.32 bits per heavy atom. The number of urea groups is 1. The predicted molar refractivity (Wildman–Crippen MR) is 85.5 cm³/mol. The molecule has 1 aromatic rings. The first-order valence-corrected chi connectivity index (χ1v) is 8.03. The molecule has 2 N–H and O–H groups in total. The highest BCUT2D eigenvalue weighted by Gasteiger charge is 2.38. The van der Waals surface area contributed by atoms with Crippen molar-refractivity contribution in [2.45, 2.75) is 25.8 Å². The van der Waals surface area contributed by atoms with Crippen LogP contribution in [0.15, 0.2) is 16.5 Å². The Morgan fingerprint density at radius 3 is 2.64 bits per heavy atom. The zero-order valence-corrected chi connectivity index (χ0v) is 14.1. The summed E-state index contributed by atoms with van der Waals surface area (Å²) in [4.78, 5) is 49.5. The quantitative estimate of drug-likeness (QED) is 0.717. The van der Waals surface area contributed by atoms with Crippen LogP contribution < -0.4 is 10.6 Å². The number of imide groups is 1. The van der Waals surface area contributed by atoms with E-state index < -0.39 is 11.9 Å². The summed E-state index contributed by atoms with van der Waals surface area (Å²) in [6.45, 7) is 3.80. The topological polar surface area (TPSA) is 112 Å². The molecule has 0 unspecified atom stereocenters. The number of nitrogens with one attached hydrogen (secondary N) is 2. The highest BCUT2D eigenvalue weighted by Crippen LogP contribution is 2.29. The summed E-state index contributed by atoms with van der Waals surface area (Å²) in [7, 11) is 0. The molecule has 2 aliphatic rings. The summed E-state index contributed by atoms with van der Waals surface area (Å²) < 4.78 is 5.66. The van der Waals surface area contributed by atoms with Gasteiger partial charge in [0.05, 0.1) is 12.0 Å². The summed E-state index contributed by atoms with van der Waals surface area (Å²) in [5, 5.41) is 4.98. The second kappa shape index (κ2) is 6.58. The molecule has 25 heavy (non-hydrogen) atoms. The van der Waals surface area contributed by atoms with E-state index in [9.17, 15) is 19.2 Å². The van der Waals surface area contributed by atoms with Crippen molar-refractivity contribution in [2.75, 3.05) is 26.2 Å². The van der Waals surface area contributed by atoms with Gasteiger partial charge >= 0.3 is 6.03 Å². The summed E-state index contributed by atoms with van der Waals surface area (Å²) in [5.41, 5.74) is 0. The number of rotatable bonds is 4. The van der Waals surface area contributed by atoms with Crippen LogP contribution in [0.2, 0.25) is 0 Å². The fraction of sp³-hybridized carbons (Fsp3) is 0.500. The number of nitrogens with zero attached hydrogens (tertiary/aromatic N) is 2.